The van der Waals surface area contributed by atoms with Gasteiger partial charge in [-0.3, -0.25) is 28.9 Å². The lowest BCUT2D eigenvalue weighted by Crippen LogP contribution is -2.46. The molecule has 4 aliphatic heterocycles. The van der Waals surface area contributed by atoms with E-state index < -0.39 is 5.82 Å². The number of aromatic nitrogens is 10. The first-order valence-corrected chi connectivity index (χ1v) is 41.7. The lowest BCUT2D eigenvalue weighted by Gasteiger charge is -2.34. The van der Waals surface area contributed by atoms with E-state index in [-0.39, 0.29) is 67.7 Å². The van der Waals surface area contributed by atoms with Gasteiger partial charge in [0, 0.05) is 223 Å². The number of hydrogen-bond donors (Lipinski definition) is 7. The highest BCUT2D eigenvalue weighted by Crippen LogP contribution is 2.35. The quantitative estimate of drug-likeness (QED) is 0.0235. The van der Waals surface area contributed by atoms with Gasteiger partial charge in [0.25, 0.3) is 23.6 Å². The number of rotatable bonds is 27. The topological polar surface area (TPSA) is 311 Å². The van der Waals surface area contributed by atoms with Gasteiger partial charge < -0.3 is 56.5 Å². The zero-order valence-electron chi connectivity index (χ0n) is 68.7. The molecule has 626 valence electrons. The van der Waals surface area contributed by atoms with Crippen LogP contribution in [0.2, 0.25) is 0 Å². The van der Waals surface area contributed by atoms with Gasteiger partial charge in [-0.25, -0.2) is 48.0 Å². The standard InChI is InChI=1S/C46H51FN10O3.C38H39FN6O4.C8H12N4/c1-3-41-38(42(53-36-14-22-60-23-15-36)39-29-52-57(4-2)43(39)54-41)28-51-45(59)35-11-6-10-34(26-35)44(58)50-27-31-12-13-40(47)37(25-31)33-9-5-8-32(24-33)30-55-18-20-56(21-19-55)46-48-16-7-17-49-46;1-3-34-31(35(43-29-13-15-49-16-14-29)32-22-42-45(4-2)36(32)44-34)21-41-38(48)28-10-6-9-27(19-28)37(47)40-20-24-11-12-33(39)30(18-24)26-8-5-7-25(17-26)23-46;1-2-10-8(11-3-1)12-6-4-9-5-7-12/h5-13,16-17,24-26,29,36H,3-4,14-15,18-23,27-28,30H2,1-2H3,(H,50,58)(H,51,59)(H,53,54);5-12,17-19,22-23,29H,3-4,13-16,20-21H2,1-2H3,(H,40,47)(H,41,48)(H,43,44);1-3,9H,4-7H2. The van der Waals surface area contributed by atoms with E-state index in [1.807, 2.05) is 72.9 Å². The lowest BCUT2D eigenvalue weighted by atomic mass is 10.00. The predicted molar refractivity (Wildman–Crippen MR) is 463 cm³/mol. The van der Waals surface area contributed by atoms with Crippen LogP contribution in [0, 0.1) is 11.6 Å². The van der Waals surface area contributed by atoms with Crippen molar-refractivity contribution in [3.05, 3.63) is 261 Å². The Balaban J connectivity index is 0.000000176. The summed E-state index contributed by atoms with van der Waals surface area (Å²) in [7, 11) is 0. The van der Waals surface area contributed by atoms with Crippen LogP contribution in [-0.4, -0.2) is 175 Å². The molecule has 4 saturated heterocycles. The largest absolute Gasteiger partial charge is 0.381 e. The van der Waals surface area contributed by atoms with Gasteiger partial charge in [0.05, 0.1) is 34.5 Å². The Morgan fingerprint density at radius 1 is 0.471 bits per heavy atom. The van der Waals surface area contributed by atoms with E-state index in [0.29, 0.717) is 109 Å². The second-order valence-electron chi connectivity index (χ2n) is 30.1. The summed E-state index contributed by atoms with van der Waals surface area (Å²) in [5.41, 5.74) is 13.6. The molecule has 29 heteroatoms. The first kappa shape index (κ1) is 84.6. The number of amides is 4. The number of nitrogens with one attached hydrogen (secondary N) is 7. The molecule has 0 bridgehead atoms. The summed E-state index contributed by atoms with van der Waals surface area (Å²) >= 11 is 0. The van der Waals surface area contributed by atoms with Crippen LogP contribution >= 0.6 is 0 Å². The van der Waals surface area contributed by atoms with Crippen LogP contribution < -0.4 is 47.0 Å². The first-order valence-electron chi connectivity index (χ1n) is 41.7. The predicted octanol–water partition coefficient (Wildman–Crippen LogP) is 12.4. The highest BCUT2D eigenvalue weighted by molar-refractivity contribution is 6.01. The number of ether oxygens (including phenoxy) is 2. The van der Waals surface area contributed by atoms with Crippen LogP contribution in [0.5, 0.6) is 0 Å². The van der Waals surface area contributed by atoms with Crippen molar-refractivity contribution in [1.29, 1.82) is 0 Å². The second-order valence-corrected chi connectivity index (χ2v) is 30.1. The van der Waals surface area contributed by atoms with Crippen LogP contribution in [0.25, 0.3) is 44.3 Å². The maximum atomic E-state index is 15.3. The number of aldehydes is 1. The zero-order chi connectivity index (χ0) is 84.0. The minimum Gasteiger partial charge on any atom is -0.381 e. The third-order valence-electron chi connectivity index (χ3n) is 22.1. The normalized spacial score (nSPS) is 14.6. The van der Waals surface area contributed by atoms with E-state index in [1.165, 1.54) is 12.1 Å². The lowest BCUT2D eigenvalue weighted by molar-refractivity contribution is 0.0903. The van der Waals surface area contributed by atoms with Crippen LogP contribution in [0.15, 0.2) is 183 Å². The summed E-state index contributed by atoms with van der Waals surface area (Å²) in [6.07, 6.45) is 16.4. The minimum atomic E-state index is -0.430. The molecule has 4 aliphatic rings. The Hall–Kier alpha value is -12.8. The summed E-state index contributed by atoms with van der Waals surface area (Å²) in [5.74, 6) is -0.499. The third kappa shape index (κ3) is 21.4. The Labute approximate surface area is 701 Å². The molecule has 0 saturated carbocycles. The third-order valence-corrected chi connectivity index (χ3v) is 22.1. The highest BCUT2D eigenvalue weighted by Gasteiger charge is 2.27. The van der Waals surface area contributed by atoms with Crippen molar-refractivity contribution in [2.75, 3.05) is 99.2 Å². The number of hydrogen-bond acceptors (Lipinski definition) is 21. The Morgan fingerprint density at radius 3 is 1.33 bits per heavy atom. The number of carbonyl (C=O) groups excluding carboxylic acids is 5. The Morgan fingerprint density at radius 2 is 0.893 bits per heavy atom. The summed E-state index contributed by atoms with van der Waals surface area (Å²) in [4.78, 5) is 98.7. The number of anilines is 4. The molecule has 0 radical (unpaired) electrons. The average Bonchev–Trinajstić information content (AvgIpc) is 1.65. The Bertz CT molecular complexity index is 5570. The van der Waals surface area contributed by atoms with E-state index in [0.717, 1.165) is 169 Å². The fourth-order valence-electron chi connectivity index (χ4n) is 15.5. The fourth-order valence-corrected chi connectivity index (χ4v) is 15.5. The molecule has 7 N–H and O–H groups in total. The first-order chi connectivity index (χ1) is 59.2. The second kappa shape index (κ2) is 41.2. The number of aryl methyl sites for hydroxylation is 4. The molecular formula is C92H102F2N20O7. The number of piperazine rings is 2. The van der Waals surface area contributed by atoms with Crippen LogP contribution in [-0.2, 0) is 68.1 Å². The molecule has 0 aliphatic carbocycles. The van der Waals surface area contributed by atoms with Crippen molar-refractivity contribution >= 4 is 75.3 Å². The smallest absolute Gasteiger partial charge is 0.251 e. The molecule has 0 spiro atoms. The van der Waals surface area contributed by atoms with Crippen LogP contribution in [0.1, 0.15) is 144 Å². The minimum absolute atomic E-state index is 0.142. The van der Waals surface area contributed by atoms with E-state index in [1.54, 1.807) is 122 Å². The van der Waals surface area contributed by atoms with Crippen LogP contribution in [0.4, 0.5) is 32.1 Å². The van der Waals surface area contributed by atoms with Gasteiger partial charge in [-0.1, -0.05) is 74.5 Å². The molecule has 4 fully saturated rings. The van der Waals surface area contributed by atoms with E-state index in [2.05, 4.69) is 95.0 Å². The summed E-state index contributed by atoms with van der Waals surface area (Å²) < 4.78 is 44.9. The molecule has 16 rings (SSSR count). The van der Waals surface area contributed by atoms with Gasteiger partial charge in [-0.15, -0.1) is 0 Å². The van der Waals surface area contributed by atoms with Gasteiger partial charge in [0.15, 0.2) is 11.3 Å². The van der Waals surface area contributed by atoms with Gasteiger partial charge >= 0.3 is 0 Å². The number of fused-ring (bicyclic) bond motifs is 2. The number of halogens is 2. The molecule has 12 aromatic rings. The van der Waals surface area contributed by atoms with E-state index >= 15 is 4.39 Å². The van der Waals surface area contributed by atoms with Crippen molar-refractivity contribution < 1.29 is 42.2 Å². The molecule has 0 atom stereocenters. The number of nitrogens with zero attached hydrogens (tertiary/aromatic N) is 13. The van der Waals surface area contributed by atoms with Crippen LogP contribution in [0.3, 0.4) is 0 Å². The van der Waals surface area contributed by atoms with Crippen molar-refractivity contribution in [2.24, 2.45) is 0 Å². The maximum Gasteiger partial charge on any atom is 0.251 e. The molecule has 6 aromatic carbocycles. The van der Waals surface area contributed by atoms with Gasteiger partial charge in [-0.2, -0.15) is 10.2 Å². The molecule has 121 heavy (non-hydrogen) atoms. The highest BCUT2D eigenvalue weighted by atomic mass is 19.1. The van der Waals surface area contributed by atoms with Crippen molar-refractivity contribution in [2.45, 2.75) is 124 Å². The fraction of sp³-hybridized carbons (Fsp3) is 0.337. The zero-order valence-corrected chi connectivity index (χ0v) is 68.7. The molecule has 4 amide bonds. The number of carbonyl (C=O) groups is 5. The molecule has 6 aromatic heterocycles. The van der Waals surface area contributed by atoms with Crippen molar-refractivity contribution in [3.63, 3.8) is 0 Å². The monoisotopic (exact) mass is 1640 g/mol. The Kier molecular flexibility index (Phi) is 28.8. The van der Waals surface area contributed by atoms with Gasteiger partial charge in [-0.05, 0) is 165 Å². The number of pyridine rings is 2. The van der Waals surface area contributed by atoms with Gasteiger partial charge in [0.1, 0.15) is 17.9 Å². The summed E-state index contributed by atoms with van der Waals surface area (Å²) in [6.45, 7) is 21.4. The van der Waals surface area contributed by atoms with E-state index in [9.17, 15) is 28.4 Å². The molecular weight excluding hydrogens is 1540 g/mol. The van der Waals surface area contributed by atoms with Crippen molar-refractivity contribution in [3.8, 4) is 22.3 Å². The average molecular weight is 1640 g/mol. The maximum absolute atomic E-state index is 15.3. The summed E-state index contributed by atoms with van der Waals surface area (Å²) in [6, 6.07) is 41.5. The molecule has 10 heterocycles. The molecule has 0 unspecified atom stereocenters. The SMILES string of the molecule is CCc1nc2c(cnn2CC)c(NC2CCOCC2)c1CNC(=O)c1cccc(C(=O)NCc2ccc(F)c(-c3cccc(C=O)c3)c2)c1.CCc1nc2c(cnn2CC)c(NC2CCOCC2)c1CNC(=O)c1cccc(C(=O)NCc2ccc(F)c(-c3cccc(CN4CCN(c5ncccn5)CC4)c3)c2)c1.c1cnc(N2CCNCC2)nc1. The summed E-state index contributed by atoms with van der Waals surface area (Å²) in [5, 5.41) is 33.7. The van der Waals surface area contributed by atoms with E-state index in [4.69, 9.17) is 19.4 Å². The van der Waals surface area contributed by atoms with Gasteiger partial charge in [0.2, 0.25) is 11.9 Å². The number of benzene rings is 6. The molecule has 27 nitrogen and oxygen atoms in total. The van der Waals surface area contributed by atoms with Crippen molar-refractivity contribution in [1.82, 2.24) is 80.9 Å².